The quantitative estimate of drug-likeness (QED) is 0.398. The van der Waals surface area contributed by atoms with Crippen molar-refractivity contribution in [2.24, 2.45) is 10.9 Å². The number of guanidine groups is 1. The molecule has 0 aliphatic heterocycles. The number of para-hydroxylation sites is 1. The van der Waals surface area contributed by atoms with Crippen LogP contribution in [-0.4, -0.2) is 44.3 Å². The van der Waals surface area contributed by atoms with Crippen LogP contribution >= 0.6 is 0 Å². The lowest BCUT2D eigenvalue weighted by Gasteiger charge is -2.12. The first-order valence-corrected chi connectivity index (χ1v) is 8.28. The molecule has 0 amide bonds. The SMILES string of the molecule is CN=C(NCCOCC(C)C)NCCc1c[nH]c2ccccc12. The number of ether oxygens (including phenoxy) is 1. The van der Waals surface area contributed by atoms with E-state index in [0.29, 0.717) is 12.5 Å². The Morgan fingerprint density at radius 3 is 2.78 bits per heavy atom. The van der Waals surface area contributed by atoms with Gasteiger partial charge in [-0.2, -0.15) is 0 Å². The highest BCUT2D eigenvalue weighted by atomic mass is 16.5. The zero-order chi connectivity index (χ0) is 16.5. The molecule has 0 bridgehead atoms. The van der Waals surface area contributed by atoms with Crippen molar-refractivity contribution in [3.8, 4) is 0 Å². The fraction of sp³-hybridized carbons (Fsp3) is 0.500. The van der Waals surface area contributed by atoms with Gasteiger partial charge in [0.25, 0.3) is 0 Å². The summed E-state index contributed by atoms with van der Waals surface area (Å²) < 4.78 is 5.55. The van der Waals surface area contributed by atoms with Crippen LogP contribution in [0.5, 0.6) is 0 Å². The number of benzene rings is 1. The van der Waals surface area contributed by atoms with Crippen LogP contribution in [0.4, 0.5) is 0 Å². The maximum absolute atomic E-state index is 5.55. The highest BCUT2D eigenvalue weighted by molar-refractivity contribution is 5.83. The summed E-state index contributed by atoms with van der Waals surface area (Å²) in [6.45, 7) is 7.40. The zero-order valence-electron chi connectivity index (χ0n) is 14.4. The summed E-state index contributed by atoms with van der Waals surface area (Å²) in [4.78, 5) is 7.54. The van der Waals surface area contributed by atoms with Gasteiger partial charge in [0.15, 0.2) is 5.96 Å². The number of aromatic nitrogens is 1. The molecule has 0 fully saturated rings. The van der Waals surface area contributed by atoms with Gasteiger partial charge in [-0.15, -0.1) is 0 Å². The topological polar surface area (TPSA) is 61.4 Å². The number of rotatable bonds is 8. The van der Waals surface area contributed by atoms with Crippen LogP contribution < -0.4 is 10.6 Å². The van der Waals surface area contributed by atoms with Crippen molar-refractivity contribution in [1.82, 2.24) is 15.6 Å². The molecule has 23 heavy (non-hydrogen) atoms. The van der Waals surface area contributed by atoms with E-state index in [-0.39, 0.29) is 0 Å². The van der Waals surface area contributed by atoms with Crippen LogP contribution in [0, 0.1) is 5.92 Å². The van der Waals surface area contributed by atoms with Crippen molar-refractivity contribution < 1.29 is 4.74 Å². The molecule has 3 N–H and O–H groups in total. The van der Waals surface area contributed by atoms with E-state index in [2.05, 4.69) is 58.9 Å². The average molecular weight is 316 g/mol. The first-order valence-electron chi connectivity index (χ1n) is 8.28. The first-order chi connectivity index (χ1) is 11.2. The molecular weight excluding hydrogens is 288 g/mol. The molecule has 126 valence electrons. The van der Waals surface area contributed by atoms with Gasteiger partial charge in [-0.3, -0.25) is 4.99 Å². The first kappa shape index (κ1) is 17.3. The van der Waals surface area contributed by atoms with Crippen LogP contribution in [0.1, 0.15) is 19.4 Å². The zero-order valence-corrected chi connectivity index (χ0v) is 14.4. The average Bonchev–Trinajstić information content (AvgIpc) is 2.96. The Labute approximate surface area is 138 Å². The monoisotopic (exact) mass is 316 g/mol. The number of aliphatic imine (C=N–C) groups is 1. The molecule has 0 radical (unpaired) electrons. The third kappa shape index (κ3) is 5.60. The molecule has 0 saturated carbocycles. The third-order valence-corrected chi connectivity index (χ3v) is 3.58. The second kappa shape index (κ2) is 9.20. The number of fused-ring (bicyclic) bond motifs is 1. The number of aromatic amines is 1. The molecule has 5 nitrogen and oxygen atoms in total. The predicted octanol–water partition coefficient (Wildman–Crippen LogP) is 2.55. The molecule has 2 rings (SSSR count). The Kier molecular flexibility index (Phi) is 6.94. The van der Waals surface area contributed by atoms with Gasteiger partial charge >= 0.3 is 0 Å². The van der Waals surface area contributed by atoms with Gasteiger partial charge in [0.1, 0.15) is 0 Å². The molecule has 5 heteroatoms. The van der Waals surface area contributed by atoms with Crippen LogP contribution in [0.25, 0.3) is 10.9 Å². The van der Waals surface area contributed by atoms with E-state index in [0.717, 1.165) is 32.1 Å². The van der Waals surface area contributed by atoms with Gasteiger partial charge in [-0.1, -0.05) is 32.0 Å². The van der Waals surface area contributed by atoms with Crippen LogP contribution in [0.3, 0.4) is 0 Å². The minimum Gasteiger partial charge on any atom is -0.379 e. The van der Waals surface area contributed by atoms with Gasteiger partial charge < -0.3 is 20.4 Å². The maximum Gasteiger partial charge on any atom is 0.191 e. The van der Waals surface area contributed by atoms with Gasteiger partial charge in [-0.25, -0.2) is 0 Å². The highest BCUT2D eigenvalue weighted by Gasteiger charge is 2.03. The number of nitrogens with zero attached hydrogens (tertiary/aromatic N) is 1. The van der Waals surface area contributed by atoms with Crippen molar-refractivity contribution in [3.05, 3.63) is 36.0 Å². The van der Waals surface area contributed by atoms with Crippen molar-refractivity contribution >= 4 is 16.9 Å². The molecule has 1 aromatic carbocycles. The molecule has 0 saturated heterocycles. The van der Waals surface area contributed by atoms with Crippen LogP contribution in [0.2, 0.25) is 0 Å². The van der Waals surface area contributed by atoms with E-state index < -0.39 is 0 Å². The fourth-order valence-electron chi connectivity index (χ4n) is 2.44. The van der Waals surface area contributed by atoms with Crippen LogP contribution in [-0.2, 0) is 11.2 Å². The number of nitrogens with one attached hydrogen (secondary N) is 3. The molecule has 0 spiro atoms. The van der Waals surface area contributed by atoms with Gasteiger partial charge in [-0.05, 0) is 24.0 Å². The van der Waals surface area contributed by atoms with Gasteiger partial charge in [0.2, 0.25) is 0 Å². The minimum atomic E-state index is 0.573. The second-order valence-corrected chi connectivity index (χ2v) is 6.00. The summed E-state index contributed by atoms with van der Waals surface area (Å²) in [5.74, 6) is 1.39. The number of hydrogen-bond donors (Lipinski definition) is 3. The fourth-order valence-corrected chi connectivity index (χ4v) is 2.44. The minimum absolute atomic E-state index is 0.573. The molecule has 1 aromatic heterocycles. The molecular formula is C18H28N4O. The molecule has 0 unspecified atom stereocenters. The smallest absolute Gasteiger partial charge is 0.191 e. The molecule has 1 heterocycles. The summed E-state index contributed by atoms with van der Waals surface area (Å²) >= 11 is 0. The van der Waals surface area contributed by atoms with E-state index in [1.807, 2.05) is 6.07 Å². The van der Waals surface area contributed by atoms with E-state index in [1.54, 1.807) is 7.05 Å². The lowest BCUT2D eigenvalue weighted by Crippen LogP contribution is -2.39. The standard InChI is InChI=1S/C18H28N4O/c1-14(2)13-23-11-10-21-18(19-3)20-9-8-15-12-22-17-7-5-4-6-16(15)17/h4-7,12,14,22H,8-11,13H2,1-3H3,(H2,19,20,21). The maximum atomic E-state index is 5.55. The Balaban J connectivity index is 1.69. The normalized spacial score (nSPS) is 12.1. The van der Waals surface area contributed by atoms with E-state index in [4.69, 9.17) is 4.74 Å². The summed E-state index contributed by atoms with van der Waals surface area (Å²) in [6.07, 6.45) is 3.04. The largest absolute Gasteiger partial charge is 0.379 e. The predicted molar refractivity (Wildman–Crippen MR) is 97.0 cm³/mol. The lowest BCUT2D eigenvalue weighted by atomic mass is 10.1. The Hall–Kier alpha value is -2.01. The lowest BCUT2D eigenvalue weighted by molar-refractivity contribution is 0.114. The van der Waals surface area contributed by atoms with Crippen LogP contribution in [0.15, 0.2) is 35.5 Å². The number of H-pyrrole nitrogens is 1. The van der Waals surface area contributed by atoms with Crippen molar-refractivity contribution in [2.75, 3.05) is 33.4 Å². The number of hydrogen-bond acceptors (Lipinski definition) is 2. The van der Waals surface area contributed by atoms with Gasteiger partial charge in [0.05, 0.1) is 6.61 Å². The Morgan fingerprint density at radius 1 is 1.22 bits per heavy atom. The highest BCUT2D eigenvalue weighted by Crippen LogP contribution is 2.17. The van der Waals surface area contributed by atoms with E-state index in [1.165, 1.54) is 16.5 Å². The Bertz CT molecular complexity index is 618. The summed E-state index contributed by atoms with van der Waals surface area (Å²) in [5.41, 5.74) is 2.51. The summed E-state index contributed by atoms with van der Waals surface area (Å²) in [6, 6.07) is 8.38. The third-order valence-electron chi connectivity index (χ3n) is 3.58. The van der Waals surface area contributed by atoms with Crippen molar-refractivity contribution in [3.63, 3.8) is 0 Å². The molecule has 0 atom stereocenters. The molecule has 0 aliphatic carbocycles. The molecule has 0 aliphatic rings. The second-order valence-electron chi connectivity index (χ2n) is 6.00. The van der Waals surface area contributed by atoms with Gasteiger partial charge in [0, 0.05) is 43.8 Å². The van der Waals surface area contributed by atoms with Crippen molar-refractivity contribution in [1.29, 1.82) is 0 Å². The molecule has 2 aromatic rings. The Morgan fingerprint density at radius 2 is 2.00 bits per heavy atom. The van der Waals surface area contributed by atoms with E-state index in [9.17, 15) is 0 Å². The van der Waals surface area contributed by atoms with E-state index >= 15 is 0 Å². The summed E-state index contributed by atoms with van der Waals surface area (Å²) in [7, 11) is 1.79. The summed E-state index contributed by atoms with van der Waals surface area (Å²) in [5, 5.41) is 7.90. The van der Waals surface area contributed by atoms with Crippen molar-refractivity contribution in [2.45, 2.75) is 20.3 Å².